The van der Waals surface area contributed by atoms with Gasteiger partial charge in [0.1, 0.15) is 17.4 Å². The number of alkyl halides is 4. The molecule has 3 amide bonds. The molecule has 21 heteroatoms. The summed E-state index contributed by atoms with van der Waals surface area (Å²) < 4.78 is 69.5. The summed E-state index contributed by atoms with van der Waals surface area (Å²) in [6, 6.07) is 4.32. The van der Waals surface area contributed by atoms with Crippen LogP contribution in [0.15, 0.2) is 47.7 Å². The molecule has 2 aliphatic carbocycles. The molecule has 3 atom stereocenters. The van der Waals surface area contributed by atoms with Crippen LogP contribution in [0.4, 0.5) is 29.1 Å². The summed E-state index contributed by atoms with van der Waals surface area (Å²) in [7, 11) is 1.71. The second kappa shape index (κ2) is 18.9. The lowest BCUT2D eigenvalue weighted by atomic mass is 9.85. The Morgan fingerprint density at radius 1 is 1.05 bits per heavy atom. The van der Waals surface area contributed by atoms with Crippen molar-refractivity contribution in [3.8, 4) is 0 Å². The number of para-hydroxylation sites is 1. The highest BCUT2D eigenvalue weighted by Crippen LogP contribution is 2.37. The molecule has 4 fully saturated rings. The van der Waals surface area contributed by atoms with E-state index in [1.54, 1.807) is 22.4 Å². The van der Waals surface area contributed by atoms with Crippen molar-refractivity contribution in [2.75, 3.05) is 36.9 Å². The summed E-state index contributed by atoms with van der Waals surface area (Å²) >= 11 is 0. The van der Waals surface area contributed by atoms with E-state index in [0.717, 1.165) is 75.7 Å². The minimum Gasteiger partial charge on any atom is -0.378 e. The van der Waals surface area contributed by atoms with Crippen molar-refractivity contribution in [2.24, 2.45) is 18.7 Å². The minimum atomic E-state index is -3.02. The van der Waals surface area contributed by atoms with E-state index in [1.165, 1.54) is 27.7 Å². The number of piperidine rings is 2. The number of hydrogen-bond acceptors (Lipinski definition) is 11. The molecule has 0 bridgehead atoms. The van der Waals surface area contributed by atoms with Gasteiger partial charge in [-0.3, -0.25) is 33.5 Å². The maximum absolute atomic E-state index is 14.3. The molecule has 5 aromatic rings. The lowest BCUT2D eigenvalue weighted by molar-refractivity contribution is -0.135. The summed E-state index contributed by atoms with van der Waals surface area (Å²) in [6.45, 7) is 3.38. The second-order valence-corrected chi connectivity index (χ2v) is 18.3. The summed E-state index contributed by atoms with van der Waals surface area (Å²) in [5.41, 5.74) is 7.55. The van der Waals surface area contributed by atoms with Gasteiger partial charge in [0, 0.05) is 64.6 Å². The Kier molecular flexibility index (Phi) is 13.0. The van der Waals surface area contributed by atoms with Crippen LogP contribution in [0.3, 0.4) is 0 Å². The van der Waals surface area contributed by atoms with E-state index in [1.807, 2.05) is 18.2 Å². The summed E-state index contributed by atoms with van der Waals surface area (Å²) in [5.74, 6) is -3.81. The van der Waals surface area contributed by atoms with Crippen LogP contribution in [0, 0.1) is 5.92 Å². The Bertz CT molecular complexity index is 2640. The maximum atomic E-state index is 14.3. The number of aryl methyl sites for hydroxylation is 2. The molecule has 2 saturated carbocycles. The van der Waals surface area contributed by atoms with Crippen LogP contribution in [0.25, 0.3) is 16.7 Å². The average molecular weight is 921 g/mol. The zero-order valence-corrected chi connectivity index (χ0v) is 36.8. The number of ether oxygens (including phenoxy) is 1. The fraction of sp³-hybridized carbons (Fsp3) is 0.578. The third kappa shape index (κ3) is 9.33. The number of fused-ring (bicyclic) bond motifs is 2. The Morgan fingerprint density at radius 2 is 1.83 bits per heavy atom. The third-order valence-electron chi connectivity index (χ3n) is 14.0. The van der Waals surface area contributed by atoms with Crippen molar-refractivity contribution < 1.29 is 36.7 Å². The van der Waals surface area contributed by atoms with Gasteiger partial charge in [0.25, 0.3) is 18.3 Å². The van der Waals surface area contributed by atoms with Crippen molar-refractivity contribution in [2.45, 2.75) is 126 Å². The fourth-order valence-corrected chi connectivity index (χ4v) is 10.4. The van der Waals surface area contributed by atoms with E-state index >= 15 is 0 Å². The van der Waals surface area contributed by atoms with Crippen molar-refractivity contribution in [1.29, 1.82) is 0 Å². The average Bonchev–Trinajstić information content (AvgIpc) is 3.99. The van der Waals surface area contributed by atoms with Crippen molar-refractivity contribution in [3.05, 3.63) is 70.2 Å². The van der Waals surface area contributed by atoms with Crippen LogP contribution >= 0.6 is 0 Å². The Hall–Kier alpha value is -5.67. The number of aromatic nitrogens is 7. The van der Waals surface area contributed by atoms with Crippen LogP contribution in [0.1, 0.15) is 117 Å². The molecule has 1 aromatic carbocycles. The van der Waals surface area contributed by atoms with Crippen molar-refractivity contribution in [1.82, 2.24) is 43.7 Å². The molecular weight excluding hydrogens is 865 g/mol. The maximum Gasteiger partial charge on any atom is 0.329 e. The molecule has 17 nitrogen and oxygen atoms in total. The van der Waals surface area contributed by atoms with Crippen LogP contribution in [-0.4, -0.2) is 106 Å². The first-order chi connectivity index (χ1) is 31.7. The molecular formula is C45H56F4N12O5. The van der Waals surface area contributed by atoms with E-state index in [0.29, 0.717) is 37.3 Å². The van der Waals surface area contributed by atoms with Gasteiger partial charge >= 0.3 is 5.69 Å². The molecule has 354 valence electrons. The topological polar surface area (TPSA) is 201 Å². The van der Waals surface area contributed by atoms with Gasteiger partial charge in [-0.05, 0) is 94.2 Å². The number of likely N-dealkylation sites (tertiary alicyclic amines) is 1. The highest BCUT2D eigenvalue weighted by Gasteiger charge is 2.45. The Morgan fingerprint density at radius 3 is 2.59 bits per heavy atom. The number of carbonyl (C=O) groups is 3. The van der Waals surface area contributed by atoms with Gasteiger partial charge in [-0.15, -0.1) is 0 Å². The number of nitrogens with zero attached hydrogens (tertiary/aromatic N) is 8. The molecule has 4 aromatic heterocycles. The number of anilines is 2. The van der Waals surface area contributed by atoms with Gasteiger partial charge in [0.05, 0.1) is 41.1 Å². The van der Waals surface area contributed by atoms with E-state index in [-0.39, 0.29) is 65.7 Å². The van der Waals surface area contributed by atoms with Crippen LogP contribution in [0.2, 0.25) is 0 Å². The minimum absolute atomic E-state index is 0.0162. The number of benzene rings is 1. The predicted octanol–water partition coefficient (Wildman–Crippen LogP) is 5.52. The van der Waals surface area contributed by atoms with Crippen LogP contribution < -0.4 is 27.4 Å². The summed E-state index contributed by atoms with van der Waals surface area (Å²) in [5, 5.41) is 16.3. The Balaban J connectivity index is 0.731. The first-order valence-corrected chi connectivity index (χ1v) is 23.0. The van der Waals surface area contributed by atoms with Crippen molar-refractivity contribution >= 4 is 45.9 Å². The molecule has 0 spiro atoms. The Labute approximate surface area is 377 Å². The molecule has 4 aliphatic rings. The van der Waals surface area contributed by atoms with Gasteiger partial charge in [-0.2, -0.15) is 10.2 Å². The number of rotatable bonds is 14. The zero-order chi connectivity index (χ0) is 46.3. The predicted molar refractivity (Wildman–Crippen MR) is 236 cm³/mol. The number of hydrogen-bond donors (Lipinski definition) is 4. The van der Waals surface area contributed by atoms with Gasteiger partial charge < -0.3 is 26.0 Å². The quantitative estimate of drug-likeness (QED) is 0.0622. The number of nitrogens with one attached hydrogen (secondary N) is 3. The van der Waals surface area contributed by atoms with Gasteiger partial charge in [-0.1, -0.05) is 12.1 Å². The number of nitrogens with two attached hydrogens (primary N) is 1. The SMILES string of the molecule is Cn1c(=O)n(C2CCC(=O)NC2=O)c2cccc(CCCOC3CCN(CC4CCC(n5cc(NC(=O)c6cnn7ccc(N[C@@H]8CCCC(F)(F)[C@@H]8N)nc67)c(C(F)F)n5)CC4)CC3)c21. The van der Waals surface area contributed by atoms with Gasteiger partial charge in [-0.25, -0.2) is 31.9 Å². The number of imide groups is 1. The highest BCUT2D eigenvalue weighted by atomic mass is 19.3. The number of amides is 3. The van der Waals surface area contributed by atoms with Crippen LogP contribution in [-0.2, 0) is 27.8 Å². The van der Waals surface area contributed by atoms with Crippen LogP contribution in [0.5, 0.6) is 0 Å². The normalized spacial score (nSPS) is 24.3. The first-order valence-electron chi connectivity index (χ1n) is 23.0. The molecule has 6 heterocycles. The molecule has 2 aliphatic heterocycles. The highest BCUT2D eigenvalue weighted by molar-refractivity contribution is 6.08. The molecule has 5 N–H and O–H groups in total. The monoisotopic (exact) mass is 920 g/mol. The number of halogens is 4. The largest absolute Gasteiger partial charge is 0.378 e. The van der Waals surface area contributed by atoms with E-state index in [2.05, 4.69) is 36.0 Å². The molecule has 1 unspecified atom stereocenters. The second-order valence-electron chi connectivity index (χ2n) is 18.3. The first kappa shape index (κ1) is 45.5. The molecule has 66 heavy (non-hydrogen) atoms. The van der Waals surface area contributed by atoms with Gasteiger partial charge in [0.15, 0.2) is 11.3 Å². The van der Waals surface area contributed by atoms with E-state index < -0.39 is 48.0 Å². The fourth-order valence-electron chi connectivity index (χ4n) is 10.4. The number of imidazole rings is 1. The summed E-state index contributed by atoms with van der Waals surface area (Å²) in [6.07, 6.45) is 9.08. The molecule has 2 saturated heterocycles. The third-order valence-corrected chi connectivity index (χ3v) is 14.0. The van der Waals surface area contributed by atoms with Crippen molar-refractivity contribution in [3.63, 3.8) is 0 Å². The summed E-state index contributed by atoms with van der Waals surface area (Å²) in [4.78, 5) is 58.1. The molecule has 9 rings (SSSR count). The van der Waals surface area contributed by atoms with Gasteiger partial charge in [0.2, 0.25) is 11.8 Å². The lowest BCUT2D eigenvalue weighted by Gasteiger charge is -2.36. The molecule has 0 radical (unpaired) electrons. The lowest BCUT2D eigenvalue weighted by Crippen LogP contribution is -2.55. The smallest absolute Gasteiger partial charge is 0.329 e. The zero-order valence-electron chi connectivity index (χ0n) is 36.8. The van der Waals surface area contributed by atoms with E-state index in [9.17, 15) is 36.7 Å². The van der Waals surface area contributed by atoms with E-state index in [4.69, 9.17) is 10.5 Å². The number of carbonyl (C=O) groups excluding carboxylic acids is 3. The standard InChI is InChI=1S/C45H56F4N12O5/c1-57-38-27(5-2-8-33(38)61(44(57)65)34-13-14-36(62)55-43(34)64)6-4-22-66-29-15-19-58(20-16-29)24-26-9-11-28(12-10-26)60-25-32(37(56-60)40(46)47)53-42(63)30-23-51-59-21-17-35(54-41(30)59)52-31-7-3-18-45(48,49)39(31)50/h2,5,8,17,21,23,25-26,28-29,31,34,39-40H,3-4,6-7,9-16,18-20,22,24,50H2,1H3,(H,52,54)(H,53,63)(H,55,62,64)/t26?,28?,31-,34?,39-/m1/s1.